The van der Waals surface area contributed by atoms with Gasteiger partial charge in [-0.3, -0.25) is 0 Å². The first-order valence-corrected chi connectivity index (χ1v) is 7.26. The normalized spacial score (nSPS) is 10.5. The second-order valence-electron chi connectivity index (χ2n) is 3.93. The van der Waals surface area contributed by atoms with Crippen molar-refractivity contribution in [3.05, 3.63) is 54.7 Å². The maximum absolute atomic E-state index is 2.39. The Morgan fingerprint density at radius 3 is 1.38 bits per heavy atom. The van der Waals surface area contributed by atoms with E-state index in [1.54, 1.807) is 0 Å². The lowest BCUT2D eigenvalue weighted by molar-refractivity contribution is 1.40. The van der Waals surface area contributed by atoms with Crippen LogP contribution >= 0.6 is 45.2 Å². The summed E-state index contributed by atoms with van der Waals surface area (Å²) in [5.74, 6) is 0. The van der Waals surface area contributed by atoms with Crippen LogP contribution in [0.3, 0.4) is 0 Å². The second kappa shape index (κ2) is 5.04. The molecule has 0 saturated heterocycles. The molecule has 0 radical (unpaired) electrons. The van der Waals surface area contributed by atoms with Crippen molar-refractivity contribution in [3.63, 3.8) is 0 Å². The summed E-state index contributed by atoms with van der Waals surface area (Å²) in [6, 6.07) is 13.2. The van der Waals surface area contributed by atoms with Crippen LogP contribution in [0.25, 0.3) is 11.1 Å². The number of aryl methyl sites for hydroxylation is 2. The number of benzene rings is 2. The van der Waals surface area contributed by atoms with E-state index in [9.17, 15) is 0 Å². The second-order valence-corrected chi connectivity index (χ2v) is 6.25. The van der Waals surface area contributed by atoms with Gasteiger partial charge in [-0.25, -0.2) is 0 Å². The first-order chi connectivity index (χ1) is 7.58. The number of halogens is 2. The predicted molar refractivity (Wildman–Crippen MR) is 86.8 cm³/mol. The Balaban J connectivity index is 2.50. The third kappa shape index (κ3) is 2.59. The monoisotopic (exact) mass is 434 g/mol. The summed E-state index contributed by atoms with van der Waals surface area (Å²) in [4.78, 5) is 0. The van der Waals surface area contributed by atoms with Crippen LogP contribution in [0.2, 0.25) is 0 Å². The van der Waals surface area contributed by atoms with Gasteiger partial charge in [-0.2, -0.15) is 0 Å². The molecule has 0 atom stereocenters. The summed E-state index contributed by atoms with van der Waals surface area (Å²) in [6.07, 6.45) is 0. The van der Waals surface area contributed by atoms with Crippen molar-refractivity contribution in [2.45, 2.75) is 13.8 Å². The lowest BCUT2D eigenvalue weighted by Crippen LogP contribution is -1.85. The van der Waals surface area contributed by atoms with E-state index < -0.39 is 0 Å². The van der Waals surface area contributed by atoms with Crippen molar-refractivity contribution in [2.75, 3.05) is 0 Å². The fourth-order valence-electron chi connectivity index (χ4n) is 1.54. The molecule has 2 heteroatoms. The van der Waals surface area contributed by atoms with Crippen LogP contribution in [-0.2, 0) is 0 Å². The largest absolute Gasteiger partial charge is 0.0577 e. The Morgan fingerprint density at radius 1 is 0.688 bits per heavy atom. The molecule has 0 aliphatic carbocycles. The fraction of sp³-hybridized carbons (Fsp3) is 0.143. The van der Waals surface area contributed by atoms with Gasteiger partial charge >= 0.3 is 0 Å². The van der Waals surface area contributed by atoms with Crippen LogP contribution in [0, 0.1) is 21.0 Å². The first-order valence-electron chi connectivity index (χ1n) is 5.10. The van der Waals surface area contributed by atoms with Gasteiger partial charge in [-0.05, 0) is 93.4 Å². The summed E-state index contributed by atoms with van der Waals surface area (Å²) in [6.45, 7) is 4.29. The molecule has 2 aromatic carbocycles. The van der Waals surface area contributed by atoms with Crippen molar-refractivity contribution < 1.29 is 0 Å². The minimum Gasteiger partial charge on any atom is -0.0577 e. The average Bonchev–Trinajstić information content (AvgIpc) is 2.26. The molecule has 82 valence electrons. The summed E-state index contributed by atoms with van der Waals surface area (Å²) >= 11 is 4.78. The van der Waals surface area contributed by atoms with Gasteiger partial charge in [-0.15, -0.1) is 0 Å². The number of hydrogen-bond donors (Lipinski definition) is 0. The Bertz CT molecular complexity index is 481. The highest BCUT2D eigenvalue weighted by Gasteiger charge is 2.02. The average molecular weight is 434 g/mol. The maximum atomic E-state index is 2.39. The predicted octanol–water partition coefficient (Wildman–Crippen LogP) is 5.18. The molecule has 0 heterocycles. The number of rotatable bonds is 1. The van der Waals surface area contributed by atoms with E-state index in [1.807, 2.05) is 0 Å². The molecule has 0 nitrogen and oxygen atoms in total. The van der Waals surface area contributed by atoms with Crippen LogP contribution < -0.4 is 0 Å². The quantitative estimate of drug-likeness (QED) is 0.543. The molecular weight excluding hydrogens is 422 g/mol. The molecule has 0 aliphatic rings. The van der Waals surface area contributed by atoms with Gasteiger partial charge in [-0.1, -0.05) is 24.3 Å². The Kier molecular flexibility index (Phi) is 3.89. The van der Waals surface area contributed by atoms with Crippen LogP contribution in [0.4, 0.5) is 0 Å². The van der Waals surface area contributed by atoms with Crippen LogP contribution in [0.5, 0.6) is 0 Å². The van der Waals surface area contributed by atoms with Crippen molar-refractivity contribution in [1.82, 2.24) is 0 Å². The van der Waals surface area contributed by atoms with E-state index in [0.717, 1.165) is 0 Å². The van der Waals surface area contributed by atoms with Gasteiger partial charge in [0.25, 0.3) is 0 Å². The van der Waals surface area contributed by atoms with Crippen molar-refractivity contribution >= 4 is 45.2 Å². The molecule has 0 saturated carbocycles. The van der Waals surface area contributed by atoms with E-state index in [4.69, 9.17) is 0 Å². The van der Waals surface area contributed by atoms with Gasteiger partial charge < -0.3 is 0 Å². The molecule has 2 rings (SSSR count). The highest BCUT2D eigenvalue weighted by molar-refractivity contribution is 14.1. The minimum atomic E-state index is 1.30. The van der Waals surface area contributed by atoms with E-state index in [0.29, 0.717) is 0 Å². The molecule has 0 N–H and O–H groups in total. The highest BCUT2D eigenvalue weighted by Crippen LogP contribution is 2.26. The SMILES string of the molecule is Cc1ccc(-c2ccc(C)c(I)c2)cc1I. The third-order valence-corrected chi connectivity index (χ3v) is 5.00. The zero-order valence-corrected chi connectivity index (χ0v) is 13.5. The lowest BCUT2D eigenvalue weighted by atomic mass is 10.0. The summed E-state index contributed by atoms with van der Waals surface area (Å²) in [5, 5.41) is 0. The highest BCUT2D eigenvalue weighted by atomic mass is 127. The topological polar surface area (TPSA) is 0 Å². The van der Waals surface area contributed by atoms with Crippen LogP contribution in [-0.4, -0.2) is 0 Å². The van der Waals surface area contributed by atoms with Gasteiger partial charge in [0.15, 0.2) is 0 Å². The zero-order chi connectivity index (χ0) is 11.7. The summed E-state index contributed by atoms with van der Waals surface area (Å²) in [5.41, 5.74) is 5.28. The summed E-state index contributed by atoms with van der Waals surface area (Å²) < 4.78 is 2.65. The zero-order valence-electron chi connectivity index (χ0n) is 9.22. The van der Waals surface area contributed by atoms with Gasteiger partial charge in [0, 0.05) is 7.14 Å². The first kappa shape index (κ1) is 12.4. The summed E-state index contributed by atoms with van der Waals surface area (Å²) in [7, 11) is 0. The molecule has 0 spiro atoms. The van der Waals surface area contributed by atoms with Crippen molar-refractivity contribution in [3.8, 4) is 11.1 Å². The fourth-order valence-corrected chi connectivity index (χ4v) is 2.58. The minimum absolute atomic E-state index is 1.30. The standard InChI is InChI=1S/C14H12I2/c1-9-3-5-11(7-13(9)15)12-6-4-10(2)14(16)8-12/h3-8H,1-2H3. The lowest BCUT2D eigenvalue weighted by Gasteiger charge is -2.06. The van der Waals surface area contributed by atoms with Crippen molar-refractivity contribution in [2.24, 2.45) is 0 Å². The number of hydrogen-bond acceptors (Lipinski definition) is 0. The van der Waals surface area contributed by atoms with Crippen molar-refractivity contribution in [1.29, 1.82) is 0 Å². The van der Waals surface area contributed by atoms with E-state index in [2.05, 4.69) is 95.4 Å². The van der Waals surface area contributed by atoms with Gasteiger partial charge in [0.1, 0.15) is 0 Å². The molecular formula is C14H12I2. The van der Waals surface area contributed by atoms with Gasteiger partial charge in [0.2, 0.25) is 0 Å². The Hall–Kier alpha value is -0.100. The van der Waals surface area contributed by atoms with E-state index >= 15 is 0 Å². The Morgan fingerprint density at radius 2 is 1.06 bits per heavy atom. The van der Waals surface area contributed by atoms with Gasteiger partial charge in [0.05, 0.1) is 0 Å². The molecule has 0 aromatic heterocycles. The molecule has 0 unspecified atom stereocenters. The maximum Gasteiger partial charge on any atom is 0.0165 e. The molecule has 0 fully saturated rings. The Labute approximate surface area is 124 Å². The molecule has 0 aliphatic heterocycles. The van der Waals surface area contributed by atoms with Crippen LogP contribution in [0.1, 0.15) is 11.1 Å². The molecule has 16 heavy (non-hydrogen) atoms. The van der Waals surface area contributed by atoms with Crippen LogP contribution in [0.15, 0.2) is 36.4 Å². The molecule has 0 amide bonds. The molecule has 2 aromatic rings. The third-order valence-electron chi connectivity index (χ3n) is 2.68. The van der Waals surface area contributed by atoms with E-state index in [-0.39, 0.29) is 0 Å². The smallest absolute Gasteiger partial charge is 0.0165 e. The molecule has 0 bridgehead atoms. The van der Waals surface area contributed by atoms with E-state index in [1.165, 1.54) is 29.4 Å².